The quantitative estimate of drug-likeness (QED) is 0.665. The average molecular weight is 155 g/mol. The molecule has 0 saturated heterocycles. The summed E-state index contributed by atoms with van der Waals surface area (Å²) in [5.74, 6) is 1.60. The van der Waals surface area contributed by atoms with E-state index in [0.717, 1.165) is 11.8 Å². The maximum Gasteiger partial charge on any atom is 0.0130 e. The summed E-state index contributed by atoms with van der Waals surface area (Å²) in [7, 11) is 0. The second kappa shape index (κ2) is 2.78. The van der Waals surface area contributed by atoms with Gasteiger partial charge in [0.2, 0.25) is 0 Å². The first-order valence-corrected chi connectivity index (χ1v) is 4.77. The van der Waals surface area contributed by atoms with E-state index in [-0.39, 0.29) is 0 Å². The smallest absolute Gasteiger partial charge is 0.0130 e. The van der Waals surface area contributed by atoms with Gasteiger partial charge in [0.05, 0.1) is 0 Å². The summed E-state index contributed by atoms with van der Waals surface area (Å²) >= 11 is 0. The molecule has 3 unspecified atom stereocenters. The third kappa shape index (κ3) is 1.44. The topological polar surface area (TPSA) is 26.0 Å². The molecule has 0 heterocycles. The van der Waals surface area contributed by atoms with E-state index < -0.39 is 0 Å². The van der Waals surface area contributed by atoms with Gasteiger partial charge in [-0.05, 0) is 17.3 Å². The van der Waals surface area contributed by atoms with Gasteiger partial charge >= 0.3 is 0 Å². The zero-order valence-corrected chi connectivity index (χ0v) is 8.22. The summed E-state index contributed by atoms with van der Waals surface area (Å²) in [6.45, 7) is 9.16. The molecule has 0 amide bonds. The highest BCUT2D eigenvalue weighted by atomic mass is 14.8. The highest BCUT2D eigenvalue weighted by Gasteiger charge is 2.57. The zero-order valence-electron chi connectivity index (χ0n) is 8.22. The maximum atomic E-state index is 5.98. The molecule has 1 aliphatic rings. The Hall–Kier alpha value is -0.0400. The molecule has 1 fully saturated rings. The van der Waals surface area contributed by atoms with Crippen molar-refractivity contribution in [1.29, 1.82) is 0 Å². The normalized spacial score (nSPS) is 36.8. The van der Waals surface area contributed by atoms with Gasteiger partial charge in [0.25, 0.3) is 0 Å². The van der Waals surface area contributed by atoms with Crippen LogP contribution in [0.4, 0.5) is 0 Å². The van der Waals surface area contributed by atoms with Crippen molar-refractivity contribution >= 4 is 0 Å². The Bertz CT molecular complexity index is 140. The Morgan fingerprint density at radius 1 is 1.45 bits per heavy atom. The Morgan fingerprint density at radius 2 is 1.91 bits per heavy atom. The molecule has 0 aromatic carbocycles. The van der Waals surface area contributed by atoms with Crippen LogP contribution in [0.2, 0.25) is 0 Å². The van der Waals surface area contributed by atoms with Crippen LogP contribution in [0.1, 0.15) is 40.5 Å². The molecule has 0 radical (unpaired) electrons. The van der Waals surface area contributed by atoms with Crippen molar-refractivity contribution < 1.29 is 0 Å². The third-order valence-corrected chi connectivity index (χ3v) is 3.35. The van der Waals surface area contributed by atoms with E-state index in [1.807, 2.05) is 0 Å². The van der Waals surface area contributed by atoms with Crippen molar-refractivity contribution in [1.82, 2.24) is 0 Å². The summed E-state index contributed by atoms with van der Waals surface area (Å²) in [4.78, 5) is 0. The second-order valence-corrected chi connectivity index (χ2v) is 4.64. The van der Waals surface area contributed by atoms with Crippen molar-refractivity contribution in [2.24, 2.45) is 23.0 Å². The number of rotatable bonds is 3. The fraction of sp³-hybridized carbons (Fsp3) is 1.00. The molecule has 0 spiro atoms. The lowest BCUT2D eigenvalue weighted by molar-refractivity contribution is 0.395. The first-order chi connectivity index (χ1) is 5.01. The molecule has 1 aliphatic carbocycles. The van der Waals surface area contributed by atoms with Gasteiger partial charge in [-0.1, -0.05) is 40.5 Å². The minimum absolute atomic E-state index is 0.425. The zero-order chi connectivity index (χ0) is 8.65. The van der Waals surface area contributed by atoms with Gasteiger partial charge in [-0.15, -0.1) is 0 Å². The van der Waals surface area contributed by atoms with E-state index in [0.29, 0.717) is 11.5 Å². The molecule has 0 aromatic heterocycles. The van der Waals surface area contributed by atoms with E-state index in [4.69, 9.17) is 5.73 Å². The van der Waals surface area contributed by atoms with Crippen LogP contribution >= 0.6 is 0 Å². The largest absolute Gasteiger partial charge is 0.327 e. The molecule has 0 bridgehead atoms. The predicted octanol–water partition coefficient (Wildman–Crippen LogP) is 2.41. The van der Waals surface area contributed by atoms with Crippen LogP contribution in [0.3, 0.4) is 0 Å². The molecule has 1 saturated carbocycles. The number of hydrogen-bond acceptors (Lipinski definition) is 1. The van der Waals surface area contributed by atoms with Crippen LogP contribution in [-0.2, 0) is 0 Å². The number of hydrogen-bond donors (Lipinski definition) is 1. The lowest BCUT2D eigenvalue weighted by Gasteiger charge is -2.10. The molecule has 1 nitrogen and oxygen atoms in total. The van der Waals surface area contributed by atoms with Crippen molar-refractivity contribution in [2.75, 3.05) is 0 Å². The summed E-state index contributed by atoms with van der Waals surface area (Å²) in [6, 6.07) is 0.462. The maximum absolute atomic E-state index is 5.98. The van der Waals surface area contributed by atoms with E-state index >= 15 is 0 Å². The highest BCUT2D eigenvalue weighted by Crippen LogP contribution is 2.55. The third-order valence-electron chi connectivity index (χ3n) is 3.35. The van der Waals surface area contributed by atoms with Crippen molar-refractivity contribution in [3.8, 4) is 0 Å². The van der Waals surface area contributed by atoms with Crippen LogP contribution in [-0.4, -0.2) is 6.04 Å². The Balaban J connectivity index is 2.40. The molecule has 1 rings (SSSR count). The van der Waals surface area contributed by atoms with Gasteiger partial charge in [-0.3, -0.25) is 0 Å². The Morgan fingerprint density at radius 3 is 2.18 bits per heavy atom. The summed E-state index contributed by atoms with van der Waals surface area (Å²) in [6.07, 6.45) is 2.63. The van der Waals surface area contributed by atoms with E-state index in [9.17, 15) is 0 Å². The van der Waals surface area contributed by atoms with Gasteiger partial charge in [0.1, 0.15) is 0 Å². The van der Waals surface area contributed by atoms with Crippen molar-refractivity contribution in [3.63, 3.8) is 0 Å². The monoisotopic (exact) mass is 155 g/mol. The van der Waals surface area contributed by atoms with Gasteiger partial charge in [0, 0.05) is 6.04 Å². The summed E-state index contributed by atoms with van der Waals surface area (Å²) in [5.41, 5.74) is 6.40. The molecule has 11 heavy (non-hydrogen) atoms. The molecular weight excluding hydrogens is 134 g/mol. The van der Waals surface area contributed by atoms with Crippen LogP contribution in [0.15, 0.2) is 0 Å². The van der Waals surface area contributed by atoms with Crippen LogP contribution in [0.25, 0.3) is 0 Å². The fourth-order valence-electron chi connectivity index (χ4n) is 2.44. The first kappa shape index (κ1) is 9.05. The lowest BCUT2D eigenvalue weighted by Crippen LogP contribution is -2.08. The van der Waals surface area contributed by atoms with E-state index in [2.05, 4.69) is 27.7 Å². The van der Waals surface area contributed by atoms with E-state index in [1.54, 1.807) is 0 Å². The van der Waals surface area contributed by atoms with Gasteiger partial charge in [-0.25, -0.2) is 0 Å². The molecule has 1 heteroatoms. The van der Waals surface area contributed by atoms with Crippen molar-refractivity contribution in [2.45, 2.75) is 46.6 Å². The van der Waals surface area contributed by atoms with E-state index in [1.165, 1.54) is 12.8 Å². The molecule has 3 atom stereocenters. The van der Waals surface area contributed by atoms with Crippen LogP contribution in [0.5, 0.6) is 0 Å². The summed E-state index contributed by atoms with van der Waals surface area (Å²) < 4.78 is 0. The predicted molar refractivity (Wildman–Crippen MR) is 49.3 cm³/mol. The Kier molecular flexibility index (Phi) is 2.29. The molecule has 66 valence electrons. The lowest BCUT2D eigenvalue weighted by atomic mass is 9.95. The average Bonchev–Trinajstić information content (AvgIpc) is 2.34. The Labute approximate surface area is 70.4 Å². The summed E-state index contributed by atoms with van der Waals surface area (Å²) in [5, 5.41) is 0. The van der Waals surface area contributed by atoms with Crippen molar-refractivity contribution in [3.05, 3.63) is 0 Å². The minimum atomic E-state index is 0.425. The fourth-order valence-corrected chi connectivity index (χ4v) is 2.44. The molecule has 0 aromatic rings. The van der Waals surface area contributed by atoms with Gasteiger partial charge in [-0.2, -0.15) is 0 Å². The van der Waals surface area contributed by atoms with Gasteiger partial charge < -0.3 is 5.73 Å². The van der Waals surface area contributed by atoms with Crippen LogP contribution < -0.4 is 5.73 Å². The van der Waals surface area contributed by atoms with Gasteiger partial charge in [0.15, 0.2) is 0 Å². The second-order valence-electron chi connectivity index (χ2n) is 4.64. The number of nitrogens with two attached hydrogens (primary N) is 1. The minimum Gasteiger partial charge on any atom is -0.327 e. The highest BCUT2D eigenvalue weighted by molar-refractivity contribution is 5.10. The molecule has 0 aliphatic heterocycles. The standard InChI is InChI=1S/C10H21N/c1-5-6-7(2)8-9(11)10(8,3)4/h7-9H,5-6,11H2,1-4H3. The van der Waals surface area contributed by atoms with Crippen LogP contribution in [0, 0.1) is 17.3 Å². The molecular formula is C10H21N. The SMILES string of the molecule is CCCC(C)C1C(N)C1(C)C. The molecule has 2 N–H and O–H groups in total. The first-order valence-electron chi connectivity index (χ1n) is 4.77.